The fourth-order valence-corrected chi connectivity index (χ4v) is 2.42. The molecule has 0 heterocycles. The number of nitrogen functional groups attached to an aromatic ring is 2. The molecule has 0 saturated carbocycles. The van der Waals surface area contributed by atoms with Gasteiger partial charge in [0.05, 0.1) is 5.69 Å². The van der Waals surface area contributed by atoms with Crippen molar-refractivity contribution in [2.75, 3.05) is 11.5 Å². The number of hydrogen-bond acceptors (Lipinski definition) is 2. The van der Waals surface area contributed by atoms with Gasteiger partial charge in [0.25, 0.3) is 0 Å². The van der Waals surface area contributed by atoms with Crippen LogP contribution in [0.3, 0.4) is 0 Å². The van der Waals surface area contributed by atoms with Gasteiger partial charge in [-0.05, 0) is 57.3 Å². The van der Waals surface area contributed by atoms with Crippen LogP contribution in [0.1, 0.15) is 0 Å². The van der Waals surface area contributed by atoms with Crippen LogP contribution in [0, 0.1) is 7.14 Å². The standard InChI is InChI=1S/C6H6I2N2/c7-4-1-3(9)2-5(8)6(4)10/h1-2H,9-10H2. The van der Waals surface area contributed by atoms with Crippen molar-refractivity contribution in [2.24, 2.45) is 0 Å². The Bertz CT molecular complexity index is 237. The lowest BCUT2D eigenvalue weighted by Crippen LogP contribution is -1.95. The predicted octanol–water partition coefficient (Wildman–Crippen LogP) is 2.06. The Morgan fingerprint density at radius 3 is 1.80 bits per heavy atom. The molecule has 54 valence electrons. The van der Waals surface area contributed by atoms with E-state index in [1.807, 2.05) is 12.1 Å². The first-order valence-electron chi connectivity index (χ1n) is 2.61. The second-order valence-corrected chi connectivity index (χ2v) is 4.22. The highest BCUT2D eigenvalue weighted by molar-refractivity contribution is 14.1. The van der Waals surface area contributed by atoms with Crippen molar-refractivity contribution in [1.29, 1.82) is 0 Å². The molecule has 0 aromatic heterocycles. The zero-order chi connectivity index (χ0) is 7.72. The van der Waals surface area contributed by atoms with Crippen LogP contribution in [0.2, 0.25) is 0 Å². The van der Waals surface area contributed by atoms with E-state index in [0.29, 0.717) is 0 Å². The highest BCUT2D eigenvalue weighted by Crippen LogP contribution is 2.24. The van der Waals surface area contributed by atoms with Crippen LogP contribution in [-0.2, 0) is 0 Å². The Balaban J connectivity index is 3.31. The van der Waals surface area contributed by atoms with E-state index in [4.69, 9.17) is 11.5 Å². The first-order chi connectivity index (χ1) is 4.61. The van der Waals surface area contributed by atoms with Crippen molar-refractivity contribution >= 4 is 56.6 Å². The predicted molar refractivity (Wildman–Crippen MR) is 60.7 cm³/mol. The topological polar surface area (TPSA) is 52.0 Å². The van der Waals surface area contributed by atoms with Crippen LogP contribution < -0.4 is 11.5 Å². The van der Waals surface area contributed by atoms with Gasteiger partial charge in [-0.3, -0.25) is 0 Å². The fraction of sp³-hybridized carbons (Fsp3) is 0. The first-order valence-corrected chi connectivity index (χ1v) is 4.77. The minimum atomic E-state index is 0.767. The maximum atomic E-state index is 5.68. The first kappa shape index (κ1) is 8.38. The summed E-state index contributed by atoms with van der Waals surface area (Å²) >= 11 is 4.33. The Morgan fingerprint density at radius 2 is 1.40 bits per heavy atom. The van der Waals surface area contributed by atoms with E-state index in [0.717, 1.165) is 18.5 Å². The molecule has 0 fully saturated rings. The van der Waals surface area contributed by atoms with Gasteiger partial charge in [-0.1, -0.05) is 0 Å². The minimum absolute atomic E-state index is 0.767. The average molecular weight is 360 g/mol. The van der Waals surface area contributed by atoms with E-state index in [1.54, 1.807) is 0 Å². The summed E-state index contributed by atoms with van der Waals surface area (Å²) in [5, 5.41) is 0. The number of hydrogen-bond donors (Lipinski definition) is 2. The van der Waals surface area contributed by atoms with Gasteiger partial charge in [-0.2, -0.15) is 0 Å². The number of anilines is 2. The lowest BCUT2D eigenvalue weighted by atomic mass is 10.3. The second kappa shape index (κ2) is 3.12. The molecule has 0 radical (unpaired) electrons. The average Bonchev–Trinajstić information content (AvgIpc) is 1.82. The van der Waals surface area contributed by atoms with Crippen molar-refractivity contribution in [3.63, 3.8) is 0 Å². The summed E-state index contributed by atoms with van der Waals surface area (Å²) in [5.74, 6) is 0. The second-order valence-electron chi connectivity index (χ2n) is 1.90. The van der Waals surface area contributed by atoms with Crippen molar-refractivity contribution in [1.82, 2.24) is 0 Å². The number of nitrogens with two attached hydrogens (primary N) is 2. The monoisotopic (exact) mass is 360 g/mol. The van der Waals surface area contributed by atoms with Crippen molar-refractivity contribution in [3.05, 3.63) is 19.3 Å². The zero-order valence-corrected chi connectivity index (χ0v) is 9.38. The summed E-state index contributed by atoms with van der Waals surface area (Å²) < 4.78 is 2.03. The maximum Gasteiger partial charge on any atom is 0.0586 e. The molecule has 0 aliphatic heterocycles. The molecule has 0 aliphatic rings. The van der Waals surface area contributed by atoms with E-state index in [9.17, 15) is 0 Å². The molecule has 0 spiro atoms. The van der Waals surface area contributed by atoms with Crippen molar-refractivity contribution in [2.45, 2.75) is 0 Å². The summed E-state index contributed by atoms with van der Waals surface area (Å²) in [6.07, 6.45) is 0. The van der Waals surface area contributed by atoms with Gasteiger partial charge in [0.2, 0.25) is 0 Å². The Hall–Kier alpha value is 0.280. The third-order valence-corrected chi connectivity index (χ3v) is 2.89. The van der Waals surface area contributed by atoms with Crippen molar-refractivity contribution in [3.8, 4) is 0 Å². The van der Waals surface area contributed by atoms with Gasteiger partial charge >= 0.3 is 0 Å². The molecule has 0 atom stereocenters. The molecule has 0 amide bonds. The molecule has 1 aromatic carbocycles. The van der Waals surface area contributed by atoms with Gasteiger partial charge in [0.1, 0.15) is 0 Å². The van der Waals surface area contributed by atoms with E-state index in [2.05, 4.69) is 45.2 Å². The summed E-state index contributed by atoms with van der Waals surface area (Å²) in [7, 11) is 0. The van der Waals surface area contributed by atoms with Crippen molar-refractivity contribution < 1.29 is 0 Å². The molecule has 4 heteroatoms. The number of benzene rings is 1. The number of rotatable bonds is 0. The quantitative estimate of drug-likeness (QED) is 0.550. The van der Waals surface area contributed by atoms with Crippen LogP contribution in [0.25, 0.3) is 0 Å². The summed E-state index contributed by atoms with van der Waals surface area (Å²) in [5.41, 5.74) is 12.8. The maximum absolute atomic E-state index is 5.68. The minimum Gasteiger partial charge on any atom is -0.399 e. The van der Waals surface area contributed by atoms with Crippen LogP contribution in [0.4, 0.5) is 11.4 Å². The van der Waals surface area contributed by atoms with E-state index in [1.165, 1.54) is 0 Å². The molecule has 4 N–H and O–H groups in total. The third-order valence-electron chi connectivity index (χ3n) is 1.10. The molecule has 0 bridgehead atoms. The summed E-state index contributed by atoms with van der Waals surface area (Å²) in [6, 6.07) is 3.72. The zero-order valence-electron chi connectivity index (χ0n) is 5.07. The lowest BCUT2D eigenvalue weighted by Gasteiger charge is -2.01. The van der Waals surface area contributed by atoms with E-state index >= 15 is 0 Å². The molecule has 10 heavy (non-hydrogen) atoms. The molecule has 2 nitrogen and oxygen atoms in total. The Labute approximate surface area is 86.6 Å². The van der Waals surface area contributed by atoms with Crippen LogP contribution in [0.15, 0.2) is 12.1 Å². The van der Waals surface area contributed by atoms with Gasteiger partial charge in [0.15, 0.2) is 0 Å². The smallest absolute Gasteiger partial charge is 0.0586 e. The molecule has 0 unspecified atom stereocenters. The lowest BCUT2D eigenvalue weighted by molar-refractivity contribution is 1.57. The third kappa shape index (κ3) is 1.66. The van der Waals surface area contributed by atoms with Gasteiger partial charge < -0.3 is 11.5 Å². The molecule has 1 rings (SSSR count). The molecule has 0 aliphatic carbocycles. The molecule has 0 saturated heterocycles. The highest BCUT2D eigenvalue weighted by atomic mass is 127. The van der Waals surface area contributed by atoms with Gasteiger partial charge in [-0.15, -0.1) is 0 Å². The van der Waals surface area contributed by atoms with Gasteiger partial charge in [0, 0.05) is 12.8 Å². The highest BCUT2D eigenvalue weighted by Gasteiger charge is 2.00. The SMILES string of the molecule is Nc1cc(I)c(N)c(I)c1. The van der Waals surface area contributed by atoms with Crippen LogP contribution >= 0.6 is 45.2 Å². The molecular formula is C6H6I2N2. The van der Waals surface area contributed by atoms with E-state index in [-0.39, 0.29) is 0 Å². The Kier molecular flexibility index (Phi) is 2.61. The number of halogens is 2. The van der Waals surface area contributed by atoms with Crippen LogP contribution in [-0.4, -0.2) is 0 Å². The van der Waals surface area contributed by atoms with Crippen LogP contribution in [0.5, 0.6) is 0 Å². The normalized spacial score (nSPS) is 9.80. The summed E-state index contributed by atoms with van der Waals surface area (Å²) in [4.78, 5) is 0. The fourth-order valence-electron chi connectivity index (χ4n) is 0.604. The molecular weight excluding hydrogens is 354 g/mol. The van der Waals surface area contributed by atoms with Gasteiger partial charge in [-0.25, -0.2) is 0 Å². The summed E-state index contributed by atoms with van der Waals surface area (Å²) in [6.45, 7) is 0. The largest absolute Gasteiger partial charge is 0.399 e. The Morgan fingerprint density at radius 1 is 1.00 bits per heavy atom. The van der Waals surface area contributed by atoms with E-state index < -0.39 is 0 Å². The molecule has 1 aromatic rings.